The molecule has 1 atom stereocenters. The Labute approximate surface area is 87.4 Å². The molecular formula is C11H24N2O. The van der Waals surface area contributed by atoms with Crippen LogP contribution in [-0.4, -0.2) is 17.5 Å². The Morgan fingerprint density at radius 3 is 1.93 bits per heavy atom. The largest absolute Gasteiger partial charge is 0.349 e. The van der Waals surface area contributed by atoms with Gasteiger partial charge in [0.05, 0.1) is 6.04 Å². The summed E-state index contributed by atoms with van der Waals surface area (Å²) in [6.07, 6.45) is 3.57. The quantitative estimate of drug-likeness (QED) is 0.687. The summed E-state index contributed by atoms with van der Waals surface area (Å²) in [4.78, 5) is 11.6. The topological polar surface area (TPSA) is 55.1 Å². The summed E-state index contributed by atoms with van der Waals surface area (Å²) in [7, 11) is 0. The Bertz CT molecular complexity index is 168. The van der Waals surface area contributed by atoms with Crippen molar-refractivity contribution in [2.75, 3.05) is 0 Å². The van der Waals surface area contributed by atoms with Gasteiger partial charge in [0.15, 0.2) is 0 Å². The first kappa shape index (κ1) is 13.4. The van der Waals surface area contributed by atoms with Gasteiger partial charge in [-0.3, -0.25) is 4.79 Å². The van der Waals surface area contributed by atoms with Crippen molar-refractivity contribution in [3.63, 3.8) is 0 Å². The standard InChI is InChI=1S/C11H24N2O/c1-5-9(12)10(14)13-11(6-2,7-3)8-4/h9H,5-8,12H2,1-4H3,(H,13,14)/t9-/m1/s1. The Morgan fingerprint density at radius 2 is 1.64 bits per heavy atom. The van der Waals surface area contributed by atoms with Gasteiger partial charge in [0.25, 0.3) is 0 Å². The molecule has 0 aromatic carbocycles. The molecule has 0 saturated heterocycles. The van der Waals surface area contributed by atoms with Gasteiger partial charge in [-0.25, -0.2) is 0 Å². The summed E-state index contributed by atoms with van der Waals surface area (Å²) in [6.45, 7) is 8.23. The Morgan fingerprint density at radius 1 is 1.21 bits per heavy atom. The fourth-order valence-electron chi connectivity index (χ4n) is 1.55. The lowest BCUT2D eigenvalue weighted by Gasteiger charge is -2.32. The number of hydrogen-bond acceptors (Lipinski definition) is 2. The molecular weight excluding hydrogens is 176 g/mol. The van der Waals surface area contributed by atoms with Crippen LogP contribution in [0.15, 0.2) is 0 Å². The van der Waals surface area contributed by atoms with Crippen LogP contribution in [0.25, 0.3) is 0 Å². The van der Waals surface area contributed by atoms with E-state index in [9.17, 15) is 4.79 Å². The van der Waals surface area contributed by atoms with Crippen molar-refractivity contribution in [2.45, 2.75) is 65.0 Å². The van der Waals surface area contributed by atoms with E-state index in [-0.39, 0.29) is 17.5 Å². The lowest BCUT2D eigenvalue weighted by atomic mass is 9.89. The number of nitrogens with two attached hydrogens (primary N) is 1. The van der Waals surface area contributed by atoms with Crippen molar-refractivity contribution < 1.29 is 4.79 Å². The third-order valence-electron chi connectivity index (χ3n) is 3.20. The first-order valence-electron chi connectivity index (χ1n) is 5.62. The summed E-state index contributed by atoms with van der Waals surface area (Å²) in [6, 6.07) is -0.362. The van der Waals surface area contributed by atoms with E-state index in [1.807, 2.05) is 6.92 Å². The maximum atomic E-state index is 11.6. The van der Waals surface area contributed by atoms with Crippen LogP contribution in [0.5, 0.6) is 0 Å². The molecule has 0 aromatic rings. The zero-order valence-electron chi connectivity index (χ0n) is 9.89. The van der Waals surface area contributed by atoms with Gasteiger partial charge >= 0.3 is 0 Å². The number of nitrogens with one attached hydrogen (secondary N) is 1. The van der Waals surface area contributed by atoms with Gasteiger partial charge in [-0.05, 0) is 25.7 Å². The molecule has 84 valence electrons. The molecule has 0 aromatic heterocycles. The lowest BCUT2D eigenvalue weighted by molar-refractivity contribution is -0.124. The molecule has 0 spiro atoms. The zero-order valence-corrected chi connectivity index (χ0v) is 9.89. The number of rotatable bonds is 6. The van der Waals surface area contributed by atoms with Crippen molar-refractivity contribution in [1.29, 1.82) is 0 Å². The summed E-state index contributed by atoms with van der Waals surface area (Å²) >= 11 is 0. The van der Waals surface area contributed by atoms with Crippen LogP contribution in [-0.2, 0) is 4.79 Å². The van der Waals surface area contributed by atoms with Crippen LogP contribution in [0.1, 0.15) is 53.4 Å². The van der Waals surface area contributed by atoms with E-state index in [4.69, 9.17) is 5.73 Å². The maximum Gasteiger partial charge on any atom is 0.237 e. The Hall–Kier alpha value is -0.570. The highest BCUT2D eigenvalue weighted by Gasteiger charge is 2.27. The fraction of sp³-hybridized carbons (Fsp3) is 0.909. The molecule has 0 heterocycles. The highest BCUT2D eigenvalue weighted by atomic mass is 16.2. The van der Waals surface area contributed by atoms with Crippen molar-refractivity contribution in [3.05, 3.63) is 0 Å². The predicted molar refractivity (Wildman–Crippen MR) is 60.0 cm³/mol. The van der Waals surface area contributed by atoms with E-state index in [1.54, 1.807) is 0 Å². The summed E-state index contributed by atoms with van der Waals surface area (Å²) in [5.41, 5.74) is 5.62. The molecule has 0 fully saturated rings. The van der Waals surface area contributed by atoms with Gasteiger partial charge in [0, 0.05) is 5.54 Å². The molecule has 0 radical (unpaired) electrons. The third kappa shape index (κ3) is 3.29. The normalized spacial score (nSPS) is 13.8. The van der Waals surface area contributed by atoms with Crippen molar-refractivity contribution in [2.24, 2.45) is 5.73 Å². The number of carbonyl (C=O) groups is 1. The van der Waals surface area contributed by atoms with Crippen LogP contribution in [0.2, 0.25) is 0 Å². The van der Waals surface area contributed by atoms with E-state index in [0.29, 0.717) is 6.42 Å². The minimum absolute atomic E-state index is 0.0157. The maximum absolute atomic E-state index is 11.6. The van der Waals surface area contributed by atoms with Crippen LogP contribution in [0.3, 0.4) is 0 Å². The monoisotopic (exact) mass is 200 g/mol. The molecule has 0 aliphatic heterocycles. The Balaban J connectivity index is 4.37. The van der Waals surface area contributed by atoms with E-state index < -0.39 is 0 Å². The molecule has 3 nitrogen and oxygen atoms in total. The Kier molecular flexibility index (Phi) is 5.77. The smallest absolute Gasteiger partial charge is 0.237 e. The lowest BCUT2D eigenvalue weighted by Crippen LogP contribution is -2.52. The minimum atomic E-state index is -0.362. The average Bonchev–Trinajstić information content (AvgIpc) is 2.24. The van der Waals surface area contributed by atoms with Crippen LogP contribution < -0.4 is 11.1 Å². The van der Waals surface area contributed by atoms with Crippen LogP contribution in [0, 0.1) is 0 Å². The van der Waals surface area contributed by atoms with E-state index in [0.717, 1.165) is 19.3 Å². The fourth-order valence-corrected chi connectivity index (χ4v) is 1.55. The van der Waals surface area contributed by atoms with Crippen LogP contribution >= 0.6 is 0 Å². The van der Waals surface area contributed by atoms with Crippen LogP contribution in [0.4, 0.5) is 0 Å². The molecule has 0 saturated carbocycles. The zero-order chi connectivity index (χ0) is 11.2. The molecule has 0 rings (SSSR count). The second-order valence-electron chi connectivity index (χ2n) is 3.84. The van der Waals surface area contributed by atoms with Gasteiger partial charge in [0.1, 0.15) is 0 Å². The summed E-state index contributed by atoms with van der Waals surface area (Å²) in [5, 5.41) is 3.07. The number of carbonyl (C=O) groups excluding carboxylic acids is 1. The first-order chi connectivity index (χ1) is 6.55. The average molecular weight is 200 g/mol. The number of amides is 1. The third-order valence-corrected chi connectivity index (χ3v) is 3.20. The molecule has 0 bridgehead atoms. The van der Waals surface area contributed by atoms with E-state index in [1.165, 1.54) is 0 Å². The molecule has 0 aliphatic carbocycles. The molecule has 0 unspecified atom stereocenters. The SMILES string of the molecule is CC[C@@H](N)C(=O)NC(CC)(CC)CC. The minimum Gasteiger partial charge on any atom is -0.349 e. The molecule has 14 heavy (non-hydrogen) atoms. The van der Waals surface area contributed by atoms with Crippen molar-refractivity contribution in [3.8, 4) is 0 Å². The second-order valence-corrected chi connectivity index (χ2v) is 3.84. The molecule has 1 amide bonds. The molecule has 3 heteroatoms. The molecule has 3 N–H and O–H groups in total. The van der Waals surface area contributed by atoms with Gasteiger partial charge < -0.3 is 11.1 Å². The van der Waals surface area contributed by atoms with Gasteiger partial charge in [0.2, 0.25) is 5.91 Å². The summed E-state index contributed by atoms with van der Waals surface area (Å²) in [5.74, 6) is -0.0157. The number of hydrogen-bond donors (Lipinski definition) is 2. The van der Waals surface area contributed by atoms with Crippen molar-refractivity contribution in [1.82, 2.24) is 5.32 Å². The predicted octanol–water partition coefficient (Wildman–Crippen LogP) is 1.81. The van der Waals surface area contributed by atoms with E-state index >= 15 is 0 Å². The van der Waals surface area contributed by atoms with Crippen molar-refractivity contribution >= 4 is 5.91 Å². The highest BCUT2D eigenvalue weighted by Crippen LogP contribution is 2.19. The summed E-state index contributed by atoms with van der Waals surface area (Å²) < 4.78 is 0. The van der Waals surface area contributed by atoms with Gasteiger partial charge in [-0.1, -0.05) is 27.7 Å². The van der Waals surface area contributed by atoms with E-state index in [2.05, 4.69) is 26.1 Å². The van der Waals surface area contributed by atoms with Gasteiger partial charge in [-0.2, -0.15) is 0 Å². The highest BCUT2D eigenvalue weighted by molar-refractivity contribution is 5.82. The second kappa shape index (κ2) is 6.02. The molecule has 0 aliphatic rings. The first-order valence-corrected chi connectivity index (χ1v) is 5.62. The van der Waals surface area contributed by atoms with Gasteiger partial charge in [-0.15, -0.1) is 0 Å².